The van der Waals surface area contributed by atoms with Gasteiger partial charge in [-0.25, -0.2) is 0 Å². The van der Waals surface area contributed by atoms with Gasteiger partial charge < -0.3 is 25.2 Å². The van der Waals surface area contributed by atoms with Gasteiger partial charge in [0, 0.05) is 51.5 Å². The minimum atomic E-state index is -2.84. The fourth-order valence-electron chi connectivity index (χ4n) is 4.14. The molecule has 0 bridgehead atoms. The third-order valence-corrected chi connectivity index (χ3v) is 5.73. The summed E-state index contributed by atoms with van der Waals surface area (Å²) in [6, 6.07) is 15.6. The van der Waals surface area contributed by atoms with Crippen LogP contribution in [0.3, 0.4) is 0 Å². The molecule has 0 spiro atoms. The van der Waals surface area contributed by atoms with Crippen LogP contribution in [0, 0.1) is 0 Å². The molecule has 170 valence electrons. The van der Waals surface area contributed by atoms with E-state index in [2.05, 4.69) is 61.8 Å². The van der Waals surface area contributed by atoms with Gasteiger partial charge in [0.25, 0.3) is 0 Å². The molecule has 6 nitrogen and oxygen atoms in total. The number of ether oxygens (including phenoxy) is 1. The van der Waals surface area contributed by atoms with E-state index < -0.39 is 6.61 Å². The van der Waals surface area contributed by atoms with E-state index in [-0.39, 0.29) is 11.8 Å². The van der Waals surface area contributed by atoms with Crippen molar-refractivity contribution in [2.45, 2.75) is 25.6 Å². The van der Waals surface area contributed by atoms with Crippen LogP contribution in [0.1, 0.15) is 12.0 Å². The van der Waals surface area contributed by atoms with Crippen LogP contribution in [0.25, 0.3) is 0 Å². The highest BCUT2D eigenvalue weighted by atomic mass is 19.3. The number of nitrogens with zero attached hydrogens (tertiary/aromatic N) is 3. The van der Waals surface area contributed by atoms with Crippen molar-refractivity contribution < 1.29 is 13.5 Å². The lowest BCUT2D eigenvalue weighted by Gasteiger charge is -2.22. The predicted octanol–water partition coefficient (Wildman–Crippen LogP) is 3.61. The Kier molecular flexibility index (Phi) is 7.09. The molecule has 1 saturated heterocycles. The number of benzene rings is 2. The molecule has 2 heterocycles. The molecule has 1 fully saturated rings. The summed E-state index contributed by atoms with van der Waals surface area (Å²) >= 11 is 0. The second kappa shape index (κ2) is 10.3. The van der Waals surface area contributed by atoms with E-state index >= 15 is 0 Å². The van der Waals surface area contributed by atoms with Gasteiger partial charge in [0.15, 0.2) is 5.96 Å². The van der Waals surface area contributed by atoms with Gasteiger partial charge in [0.2, 0.25) is 0 Å². The lowest BCUT2D eigenvalue weighted by Crippen LogP contribution is -2.44. The van der Waals surface area contributed by atoms with Crippen molar-refractivity contribution in [2.24, 2.45) is 4.99 Å². The molecule has 0 saturated carbocycles. The average Bonchev–Trinajstić information content (AvgIpc) is 3.49. The van der Waals surface area contributed by atoms with Gasteiger partial charge in [-0.3, -0.25) is 4.99 Å². The maximum atomic E-state index is 12.7. The lowest BCUT2D eigenvalue weighted by atomic mass is 10.2. The molecule has 2 aliphatic rings. The zero-order valence-electron chi connectivity index (χ0n) is 18.2. The number of halogens is 2. The molecule has 0 radical (unpaired) electrons. The molecule has 2 N–H and O–H groups in total. The molecule has 0 aromatic heterocycles. The summed E-state index contributed by atoms with van der Waals surface area (Å²) < 4.78 is 30.2. The first-order chi connectivity index (χ1) is 15.6. The maximum Gasteiger partial charge on any atom is 0.387 e. The van der Waals surface area contributed by atoms with E-state index in [4.69, 9.17) is 4.74 Å². The maximum absolute atomic E-state index is 12.7. The number of nitrogens with one attached hydrogen (secondary N) is 2. The molecule has 8 heteroatoms. The number of guanidine groups is 1. The lowest BCUT2D eigenvalue weighted by molar-refractivity contribution is -0.0495. The van der Waals surface area contributed by atoms with Gasteiger partial charge in [-0.2, -0.15) is 8.78 Å². The highest BCUT2D eigenvalue weighted by Crippen LogP contribution is 2.31. The molecule has 32 heavy (non-hydrogen) atoms. The van der Waals surface area contributed by atoms with Crippen LogP contribution in [-0.4, -0.2) is 51.8 Å². The zero-order chi connectivity index (χ0) is 22.3. The molecule has 2 aromatic rings. The summed E-state index contributed by atoms with van der Waals surface area (Å²) in [6.45, 7) is 1.16. The Hall–Kier alpha value is -3.29. The predicted molar refractivity (Wildman–Crippen MR) is 125 cm³/mol. The Morgan fingerprint density at radius 2 is 1.94 bits per heavy atom. The quantitative estimate of drug-likeness (QED) is 0.391. The first kappa shape index (κ1) is 21.9. The molecule has 0 amide bonds. The van der Waals surface area contributed by atoms with Crippen LogP contribution in [0.15, 0.2) is 65.7 Å². The fourth-order valence-corrected chi connectivity index (χ4v) is 4.14. The van der Waals surface area contributed by atoms with E-state index in [1.54, 1.807) is 19.2 Å². The van der Waals surface area contributed by atoms with Crippen LogP contribution >= 0.6 is 0 Å². The van der Waals surface area contributed by atoms with Crippen molar-refractivity contribution in [3.05, 3.63) is 66.2 Å². The van der Waals surface area contributed by atoms with Crippen molar-refractivity contribution in [1.82, 2.24) is 10.6 Å². The summed E-state index contributed by atoms with van der Waals surface area (Å²) in [5, 5.41) is 6.84. The van der Waals surface area contributed by atoms with Crippen LogP contribution in [0.5, 0.6) is 5.75 Å². The topological polar surface area (TPSA) is 52.1 Å². The normalized spacial score (nSPS) is 18.5. The average molecular weight is 442 g/mol. The Bertz CT molecular complexity index is 957. The van der Waals surface area contributed by atoms with E-state index in [1.807, 2.05) is 12.1 Å². The minimum Gasteiger partial charge on any atom is -0.433 e. The number of para-hydroxylation sites is 2. The fraction of sp³-hybridized carbons (Fsp3) is 0.375. The van der Waals surface area contributed by atoms with Gasteiger partial charge >= 0.3 is 6.61 Å². The Balaban J connectivity index is 1.31. The molecule has 1 unspecified atom stereocenters. The summed E-state index contributed by atoms with van der Waals surface area (Å²) in [4.78, 5) is 8.74. The first-order valence-corrected chi connectivity index (χ1v) is 10.9. The van der Waals surface area contributed by atoms with Crippen molar-refractivity contribution >= 4 is 17.3 Å². The highest BCUT2D eigenvalue weighted by Gasteiger charge is 2.26. The first-order valence-electron chi connectivity index (χ1n) is 10.9. The molecule has 4 rings (SSSR count). The monoisotopic (exact) mass is 441 g/mol. The number of rotatable bonds is 7. The second-order valence-corrected chi connectivity index (χ2v) is 7.89. The summed E-state index contributed by atoms with van der Waals surface area (Å²) in [7, 11) is 1.75. The van der Waals surface area contributed by atoms with Gasteiger partial charge in [0.1, 0.15) is 5.75 Å². The van der Waals surface area contributed by atoms with Crippen LogP contribution in [-0.2, 0) is 6.54 Å². The van der Waals surface area contributed by atoms with Gasteiger partial charge in [-0.05, 0) is 36.2 Å². The summed E-state index contributed by atoms with van der Waals surface area (Å²) in [6.07, 6.45) is 5.24. The number of alkyl halides is 2. The summed E-state index contributed by atoms with van der Waals surface area (Å²) in [5.41, 5.74) is 3.09. The van der Waals surface area contributed by atoms with E-state index in [1.165, 1.54) is 11.3 Å². The van der Waals surface area contributed by atoms with Crippen molar-refractivity contribution in [2.75, 3.05) is 43.0 Å². The SMILES string of the molecule is CN=C(NCc1cccc(N2CC=CC2)c1)NC1CCN(c2ccccc2OC(F)F)C1. The molecule has 0 aliphatic carbocycles. The highest BCUT2D eigenvalue weighted by molar-refractivity contribution is 5.80. The minimum absolute atomic E-state index is 0.155. The van der Waals surface area contributed by atoms with Crippen molar-refractivity contribution in [3.63, 3.8) is 0 Å². The van der Waals surface area contributed by atoms with Crippen LogP contribution < -0.4 is 25.2 Å². The standard InChI is InChI=1S/C24H29F2N5O/c1-27-24(28-16-18-7-6-8-20(15-18)30-12-4-5-13-30)29-19-11-14-31(17-19)21-9-2-3-10-22(21)32-23(25)26/h2-10,15,19,23H,11-14,16-17H2,1H3,(H2,27,28,29). The second-order valence-electron chi connectivity index (χ2n) is 7.89. The third-order valence-electron chi connectivity index (χ3n) is 5.73. The summed E-state index contributed by atoms with van der Waals surface area (Å²) in [5.74, 6) is 0.931. The van der Waals surface area contributed by atoms with E-state index in [9.17, 15) is 8.78 Å². The number of aliphatic imine (C=N–C) groups is 1. The number of hydrogen-bond donors (Lipinski definition) is 2. The Labute approximate surface area is 187 Å². The molecule has 2 aliphatic heterocycles. The van der Waals surface area contributed by atoms with Crippen molar-refractivity contribution in [1.29, 1.82) is 0 Å². The van der Waals surface area contributed by atoms with Gasteiger partial charge in [-0.15, -0.1) is 0 Å². The van der Waals surface area contributed by atoms with Crippen molar-refractivity contribution in [3.8, 4) is 5.75 Å². The zero-order valence-corrected chi connectivity index (χ0v) is 18.2. The smallest absolute Gasteiger partial charge is 0.387 e. The largest absolute Gasteiger partial charge is 0.433 e. The van der Waals surface area contributed by atoms with E-state index in [0.29, 0.717) is 18.8 Å². The molecule has 1 atom stereocenters. The Morgan fingerprint density at radius 1 is 1.12 bits per heavy atom. The number of anilines is 2. The number of hydrogen-bond acceptors (Lipinski definition) is 4. The molecule has 2 aromatic carbocycles. The molecular weight excluding hydrogens is 412 g/mol. The third kappa shape index (κ3) is 5.49. The van der Waals surface area contributed by atoms with Crippen LogP contribution in [0.4, 0.5) is 20.2 Å². The Morgan fingerprint density at radius 3 is 2.72 bits per heavy atom. The van der Waals surface area contributed by atoms with Gasteiger partial charge in [0.05, 0.1) is 5.69 Å². The molecular formula is C24H29F2N5O. The van der Waals surface area contributed by atoms with Crippen LogP contribution in [0.2, 0.25) is 0 Å². The van der Waals surface area contributed by atoms with E-state index in [0.717, 1.165) is 32.0 Å². The van der Waals surface area contributed by atoms with Gasteiger partial charge in [-0.1, -0.05) is 36.4 Å².